The zero-order valence-corrected chi connectivity index (χ0v) is 11.8. The molecule has 20 heavy (non-hydrogen) atoms. The van der Waals surface area contributed by atoms with Crippen molar-refractivity contribution >= 4 is 27.5 Å². The number of carbonyl (C=O) groups is 1. The topological polar surface area (TPSA) is 94.5 Å². The first-order valence-electron chi connectivity index (χ1n) is 5.55. The average Bonchev–Trinajstić information content (AvgIpc) is 2.83. The van der Waals surface area contributed by atoms with Crippen LogP contribution in [0.15, 0.2) is 35.1 Å². The fourth-order valence-corrected chi connectivity index (χ4v) is 1.99. The molecule has 1 N–H and O–H groups in total. The van der Waals surface area contributed by atoms with E-state index in [-0.39, 0.29) is 23.8 Å². The fourth-order valence-electron chi connectivity index (χ4n) is 1.61. The van der Waals surface area contributed by atoms with Crippen LogP contribution in [-0.4, -0.2) is 15.5 Å². The predicted molar refractivity (Wildman–Crippen MR) is 74.4 cm³/mol. The summed E-state index contributed by atoms with van der Waals surface area (Å²) < 4.78 is 2.10. The fraction of sp³-hybridized carbons (Fsp3) is 0.0769. The van der Waals surface area contributed by atoms with Gasteiger partial charge in [-0.05, 0) is 28.1 Å². The first-order chi connectivity index (χ1) is 9.65. The monoisotopic (exact) mass is 329 g/mol. The van der Waals surface area contributed by atoms with Crippen molar-refractivity contribution < 1.29 is 4.79 Å². The lowest BCUT2D eigenvalue weighted by atomic mass is 10.3. The Balaban J connectivity index is 2.14. The van der Waals surface area contributed by atoms with Crippen molar-refractivity contribution in [3.63, 3.8) is 0 Å². The minimum absolute atomic E-state index is 0.0150. The summed E-state index contributed by atoms with van der Waals surface area (Å²) in [7, 11) is 0. The normalized spacial score (nSPS) is 9.55. The number of hydrogen-bond donors (Lipinski definition) is 1. The molecule has 0 fully saturated rings. The van der Waals surface area contributed by atoms with Gasteiger partial charge in [-0.15, -0.1) is 0 Å². The Morgan fingerprint density at radius 2 is 2.10 bits per heavy atom. The van der Waals surface area contributed by atoms with Crippen molar-refractivity contribution in [1.29, 1.82) is 10.5 Å². The van der Waals surface area contributed by atoms with E-state index in [2.05, 4.69) is 26.2 Å². The summed E-state index contributed by atoms with van der Waals surface area (Å²) >= 11 is 3.32. The van der Waals surface area contributed by atoms with Gasteiger partial charge >= 0.3 is 0 Å². The molecule has 1 amide bonds. The molecule has 0 saturated carbocycles. The average molecular weight is 330 g/mol. The van der Waals surface area contributed by atoms with Crippen molar-refractivity contribution in [2.75, 3.05) is 5.32 Å². The second kappa shape index (κ2) is 6.00. The highest BCUT2D eigenvalue weighted by atomic mass is 79.9. The Hall–Kier alpha value is -2.64. The van der Waals surface area contributed by atoms with E-state index >= 15 is 0 Å². The van der Waals surface area contributed by atoms with Crippen LogP contribution in [0.5, 0.6) is 0 Å². The minimum atomic E-state index is -0.310. The number of aromatic nitrogens is 2. The Labute approximate surface area is 123 Å². The Bertz CT molecular complexity index is 738. The molecular weight excluding hydrogens is 322 g/mol. The summed E-state index contributed by atoms with van der Waals surface area (Å²) in [6.07, 6.45) is 1.30. The largest absolute Gasteiger partial charge is 0.324 e. The first-order valence-corrected chi connectivity index (χ1v) is 6.34. The van der Waals surface area contributed by atoms with E-state index in [0.717, 1.165) is 4.47 Å². The Morgan fingerprint density at radius 1 is 1.35 bits per heavy atom. The maximum absolute atomic E-state index is 11.9. The van der Waals surface area contributed by atoms with Crippen LogP contribution in [0.1, 0.15) is 11.4 Å². The summed E-state index contributed by atoms with van der Waals surface area (Å²) in [4.78, 5) is 15.7. The van der Waals surface area contributed by atoms with Crippen molar-refractivity contribution in [3.8, 4) is 12.1 Å². The van der Waals surface area contributed by atoms with Crippen molar-refractivity contribution in [1.82, 2.24) is 9.55 Å². The number of imidazole rings is 1. The maximum Gasteiger partial charge on any atom is 0.244 e. The second-order valence-electron chi connectivity index (χ2n) is 3.82. The molecule has 0 aliphatic carbocycles. The summed E-state index contributed by atoms with van der Waals surface area (Å²) in [5.74, 6) is -0.310. The van der Waals surface area contributed by atoms with E-state index in [0.29, 0.717) is 5.69 Å². The Morgan fingerprint density at radius 3 is 2.75 bits per heavy atom. The highest BCUT2D eigenvalue weighted by Crippen LogP contribution is 2.21. The molecule has 7 heteroatoms. The van der Waals surface area contributed by atoms with E-state index in [9.17, 15) is 4.79 Å². The Kier molecular flexibility index (Phi) is 4.14. The molecular formula is C13H8BrN5O. The van der Waals surface area contributed by atoms with E-state index in [4.69, 9.17) is 10.5 Å². The molecule has 2 rings (SSSR count). The van der Waals surface area contributed by atoms with Gasteiger partial charge in [0.2, 0.25) is 5.91 Å². The van der Waals surface area contributed by atoms with Crippen LogP contribution < -0.4 is 5.32 Å². The van der Waals surface area contributed by atoms with Crippen LogP contribution in [-0.2, 0) is 11.3 Å². The van der Waals surface area contributed by atoms with Crippen LogP contribution in [0.4, 0.5) is 5.69 Å². The first kappa shape index (κ1) is 13.8. The third kappa shape index (κ3) is 2.85. The summed E-state index contributed by atoms with van der Waals surface area (Å²) in [5, 5.41) is 20.5. The van der Waals surface area contributed by atoms with Gasteiger partial charge < -0.3 is 9.88 Å². The van der Waals surface area contributed by atoms with Gasteiger partial charge in [-0.2, -0.15) is 10.5 Å². The molecule has 1 aromatic carbocycles. The number of nitrogens with zero attached hydrogens (tertiary/aromatic N) is 4. The van der Waals surface area contributed by atoms with E-state index in [1.54, 1.807) is 24.3 Å². The van der Waals surface area contributed by atoms with Crippen LogP contribution in [0.25, 0.3) is 0 Å². The number of nitrogens with one attached hydrogen (secondary N) is 1. The molecule has 1 aromatic heterocycles. The SMILES string of the molecule is N#Cc1ncn(CC(=O)Nc2ccccc2Br)c1C#N. The predicted octanol–water partition coefficient (Wildman–Crippen LogP) is 2.03. The minimum Gasteiger partial charge on any atom is -0.324 e. The zero-order chi connectivity index (χ0) is 14.5. The number of halogens is 1. The molecule has 1 heterocycles. The van der Waals surface area contributed by atoms with Gasteiger partial charge in [0.05, 0.1) is 12.0 Å². The van der Waals surface area contributed by atoms with Crippen LogP contribution >= 0.6 is 15.9 Å². The van der Waals surface area contributed by atoms with Gasteiger partial charge in [0.25, 0.3) is 0 Å². The van der Waals surface area contributed by atoms with Crippen molar-refractivity contribution in [2.24, 2.45) is 0 Å². The molecule has 0 spiro atoms. The van der Waals surface area contributed by atoms with Gasteiger partial charge in [0, 0.05) is 4.47 Å². The van der Waals surface area contributed by atoms with Crippen LogP contribution in [0.2, 0.25) is 0 Å². The van der Waals surface area contributed by atoms with E-state index in [1.165, 1.54) is 10.9 Å². The lowest BCUT2D eigenvalue weighted by molar-refractivity contribution is -0.116. The molecule has 0 unspecified atom stereocenters. The third-order valence-electron chi connectivity index (χ3n) is 2.51. The lowest BCUT2D eigenvalue weighted by Gasteiger charge is -2.08. The van der Waals surface area contributed by atoms with E-state index in [1.807, 2.05) is 12.1 Å². The van der Waals surface area contributed by atoms with Crippen molar-refractivity contribution in [2.45, 2.75) is 6.54 Å². The molecule has 0 atom stereocenters. The van der Waals surface area contributed by atoms with Crippen LogP contribution in [0.3, 0.4) is 0 Å². The zero-order valence-electron chi connectivity index (χ0n) is 10.2. The number of rotatable bonds is 3. The number of hydrogen-bond acceptors (Lipinski definition) is 4. The summed E-state index contributed by atoms with van der Waals surface area (Å²) in [6, 6.07) is 10.9. The highest BCUT2D eigenvalue weighted by Gasteiger charge is 2.13. The lowest BCUT2D eigenvalue weighted by Crippen LogP contribution is -2.19. The number of para-hydroxylation sites is 1. The quantitative estimate of drug-likeness (QED) is 0.931. The van der Waals surface area contributed by atoms with Gasteiger partial charge in [0.1, 0.15) is 18.7 Å². The molecule has 0 saturated heterocycles. The number of nitriles is 2. The second-order valence-corrected chi connectivity index (χ2v) is 4.68. The summed E-state index contributed by atoms with van der Waals surface area (Å²) in [6.45, 7) is -0.0844. The number of anilines is 1. The maximum atomic E-state index is 11.9. The highest BCUT2D eigenvalue weighted by molar-refractivity contribution is 9.10. The molecule has 6 nitrogen and oxygen atoms in total. The molecule has 0 aliphatic heterocycles. The smallest absolute Gasteiger partial charge is 0.244 e. The van der Waals surface area contributed by atoms with Crippen molar-refractivity contribution in [3.05, 3.63) is 46.5 Å². The van der Waals surface area contributed by atoms with Gasteiger partial charge in [-0.3, -0.25) is 4.79 Å². The number of carbonyl (C=O) groups excluding carboxylic acids is 1. The molecule has 0 aliphatic rings. The van der Waals surface area contributed by atoms with E-state index < -0.39 is 0 Å². The molecule has 98 valence electrons. The van der Waals surface area contributed by atoms with Gasteiger partial charge in [-0.25, -0.2) is 4.98 Å². The standard InChI is InChI=1S/C13H8BrN5O/c14-9-3-1-2-4-10(9)18-13(20)7-19-8-17-11(5-15)12(19)6-16/h1-4,8H,7H2,(H,18,20). The molecule has 2 aromatic rings. The number of benzene rings is 1. The molecule has 0 radical (unpaired) electrons. The van der Waals surface area contributed by atoms with Gasteiger partial charge in [0.15, 0.2) is 11.4 Å². The molecule has 0 bridgehead atoms. The van der Waals surface area contributed by atoms with Crippen LogP contribution in [0, 0.1) is 22.7 Å². The summed E-state index contributed by atoms with van der Waals surface area (Å²) in [5.41, 5.74) is 0.729. The third-order valence-corrected chi connectivity index (χ3v) is 3.20. The van der Waals surface area contributed by atoms with Gasteiger partial charge in [-0.1, -0.05) is 12.1 Å². The number of amides is 1.